The first-order chi connectivity index (χ1) is 7.13. The molecule has 0 fully saturated rings. The molecule has 0 bridgehead atoms. The summed E-state index contributed by atoms with van der Waals surface area (Å²) in [5.41, 5.74) is 1.58. The molecule has 0 saturated heterocycles. The lowest BCUT2D eigenvalue weighted by Crippen LogP contribution is -2.39. The Hall–Kier alpha value is -1.96. The molecule has 2 rings (SSSR count). The zero-order chi connectivity index (χ0) is 11.0. The molecule has 1 amide bonds. The highest BCUT2D eigenvalue weighted by Gasteiger charge is 2.26. The van der Waals surface area contributed by atoms with E-state index in [1.807, 2.05) is 18.9 Å². The summed E-state index contributed by atoms with van der Waals surface area (Å²) in [6.07, 6.45) is 5.27. The number of carbonyl (C=O) groups excluding carboxylic acids is 1. The minimum absolute atomic E-state index is 0.0474. The Labute approximate surface area is 88.1 Å². The third-order valence-corrected chi connectivity index (χ3v) is 2.37. The molecule has 0 unspecified atom stereocenters. The number of nitrogens with zero attached hydrogens (tertiary/aromatic N) is 3. The molecular formula is C10H12N4O. The number of aromatic nitrogens is 2. The SMILES string of the molecule is C#CCN1CC(=O)Nc2c(C)nn(C)c21. The molecular weight excluding hydrogens is 192 g/mol. The third-order valence-electron chi connectivity index (χ3n) is 2.37. The molecule has 0 aliphatic carbocycles. The van der Waals surface area contributed by atoms with Gasteiger partial charge >= 0.3 is 0 Å². The number of hydrogen-bond acceptors (Lipinski definition) is 3. The van der Waals surface area contributed by atoms with Gasteiger partial charge in [-0.25, -0.2) is 0 Å². The van der Waals surface area contributed by atoms with E-state index in [1.165, 1.54) is 0 Å². The van der Waals surface area contributed by atoms with Gasteiger partial charge in [0.15, 0.2) is 5.82 Å². The number of rotatable bonds is 1. The summed E-state index contributed by atoms with van der Waals surface area (Å²) in [5.74, 6) is 3.37. The predicted molar refractivity (Wildman–Crippen MR) is 57.6 cm³/mol. The first-order valence-corrected chi connectivity index (χ1v) is 4.65. The fraction of sp³-hybridized carbons (Fsp3) is 0.400. The van der Waals surface area contributed by atoms with Crippen molar-refractivity contribution in [3.8, 4) is 12.3 Å². The summed E-state index contributed by atoms with van der Waals surface area (Å²) in [4.78, 5) is 13.3. The van der Waals surface area contributed by atoms with Crippen LogP contribution in [0, 0.1) is 19.3 Å². The van der Waals surface area contributed by atoms with E-state index in [0.29, 0.717) is 6.54 Å². The Morgan fingerprint density at radius 1 is 1.67 bits per heavy atom. The number of terminal acetylenes is 1. The van der Waals surface area contributed by atoms with Crippen molar-refractivity contribution in [3.05, 3.63) is 5.69 Å². The Kier molecular flexibility index (Phi) is 2.12. The van der Waals surface area contributed by atoms with Crippen molar-refractivity contribution in [1.29, 1.82) is 0 Å². The molecule has 78 valence electrons. The van der Waals surface area contributed by atoms with Gasteiger partial charge in [-0.3, -0.25) is 9.48 Å². The van der Waals surface area contributed by atoms with E-state index < -0.39 is 0 Å². The molecule has 0 spiro atoms. The third kappa shape index (κ3) is 1.44. The maximum Gasteiger partial charge on any atom is 0.244 e. The van der Waals surface area contributed by atoms with E-state index in [1.54, 1.807) is 4.68 Å². The van der Waals surface area contributed by atoms with E-state index in [9.17, 15) is 4.79 Å². The lowest BCUT2D eigenvalue weighted by molar-refractivity contribution is -0.115. The largest absolute Gasteiger partial charge is 0.335 e. The van der Waals surface area contributed by atoms with Crippen LogP contribution in [-0.2, 0) is 11.8 Å². The highest BCUT2D eigenvalue weighted by molar-refractivity contribution is 6.01. The summed E-state index contributed by atoms with van der Waals surface area (Å²) in [7, 11) is 1.84. The normalized spacial score (nSPS) is 14.5. The van der Waals surface area contributed by atoms with Crippen LogP contribution in [0.3, 0.4) is 0 Å². The second-order valence-corrected chi connectivity index (χ2v) is 3.52. The van der Waals surface area contributed by atoms with Crippen molar-refractivity contribution in [3.63, 3.8) is 0 Å². The van der Waals surface area contributed by atoms with Gasteiger partial charge in [0.1, 0.15) is 5.69 Å². The molecule has 0 atom stereocenters. The van der Waals surface area contributed by atoms with Crippen LogP contribution in [-0.4, -0.2) is 28.8 Å². The molecule has 1 aliphatic heterocycles. The summed E-state index contributed by atoms with van der Waals surface area (Å²) in [5, 5.41) is 7.06. The lowest BCUT2D eigenvalue weighted by Gasteiger charge is -2.27. The Morgan fingerprint density at radius 3 is 3.07 bits per heavy atom. The lowest BCUT2D eigenvalue weighted by atomic mass is 10.2. The number of fused-ring (bicyclic) bond motifs is 1. The molecule has 5 nitrogen and oxygen atoms in total. The maximum absolute atomic E-state index is 11.4. The van der Waals surface area contributed by atoms with Crippen molar-refractivity contribution < 1.29 is 4.79 Å². The van der Waals surface area contributed by atoms with Crippen molar-refractivity contribution in [2.24, 2.45) is 7.05 Å². The summed E-state index contributed by atoms with van der Waals surface area (Å²) >= 11 is 0. The van der Waals surface area contributed by atoms with E-state index in [0.717, 1.165) is 17.2 Å². The Balaban J connectivity index is 2.49. The molecule has 1 N–H and O–H groups in total. The first-order valence-electron chi connectivity index (χ1n) is 4.65. The van der Waals surface area contributed by atoms with Gasteiger partial charge in [-0.05, 0) is 6.92 Å². The smallest absolute Gasteiger partial charge is 0.244 e. The number of amides is 1. The molecule has 0 aromatic carbocycles. The van der Waals surface area contributed by atoms with Gasteiger partial charge in [-0.1, -0.05) is 5.92 Å². The maximum atomic E-state index is 11.4. The quantitative estimate of drug-likeness (QED) is 0.661. The van der Waals surface area contributed by atoms with E-state index in [-0.39, 0.29) is 12.5 Å². The van der Waals surface area contributed by atoms with Crippen LogP contribution >= 0.6 is 0 Å². The Bertz CT molecular complexity index is 455. The average Bonchev–Trinajstić information content (AvgIpc) is 2.42. The minimum atomic E-state index is -0.0474. The van der Waals surface area contributed by atoms with Gasteiger partial charge < -0.3 is 10.2 Å². The molecule has 1 aromatic rings. The summed E-state index contributed by atoms with van der Waals surface area (Å²) in [6, 6.07) is 0. The highest BCUT2D eigenvalue weighted by Crippen LogP contribution is 2.31. The summed E-state index contributed by atoms with van der Waals surface area (Å²) < 4.78 is 1.74. The van der Waals surface area contributed by atoms with Gasteiger partial charge in [0, 0.05) is 7.05 Å². The number of anilines is 2. The Morgan fingerprint density at radius 2 is 2.40 bits per heavy atom. The van der Waals surface area contributed by atoms with Crippen LogP contribution in [0.15, 0.2) is 0 Å². The van der Waals surface area contributed by atoms with Gasteiger partial charge in [0.05, 0.1) is 18.8 Å². The standard InChI is InChI=1S/C10H12N4O/c1-4-5-14-6-8(15)11-9-7(2)12-13(3)10(9)14/h1H,5-6H2,2-3H3,(H,11,15). The monoisotopic (exact) mass is 204 g/mol. The van der Waals surface area contributed by atoms with E-state index in [2.05, 4.69) is 16.3 Å². The average molecular weight is 204 g/mol. The van der Waals surface area contributed by atoms with Crippen molar-refractivity contribution in [1.82, 2.24) is 9.78 Å². The van der Waals surface area contributed by atoms with Crippen LogP contribution in [0.4, 0.5) is 11.5 Å². The van der Waals surface area contributed by atoms with E-state index >= 15 is 0 Å². The second kappa shape index (κ2) is 3.31. The predicted octanol–water partition coefficient (Wildman–Crippen LogP) is 0.120. The van der Waals surface area contributed by atoms with Gasteiger partial charge in [0.25, 0.3) is 0 Å². The van der Waals surface area contributed by atoms with Gasteiger partial charge in [0.2, 0.25) is 5.91 Å². The number of hydrogen-bond donors (Lipinski definition) is 1. The van der Waals surface area contributed by atoms with Crippen LogP contribution in [0.2, 0.25) is 0 Å². The molecule has 2 heterocycles. The zero-order valence-electron chi connectivity index (χ0n) is 8.74. The van der Waals surface area contributed by atoms with Crippen LogP contribution in [0.1, 0.15) is 5.69 Å². The molecule has 5 heteroatoms. The van der Waals surface area contributed by atoms with E-state index in [4.69, 9.17) is 6.42 Å². The second-order valence-electron chi connectivity index (χ2n) is 3.52. The molecule has 0 radical (unpaired) electrons. The summed E-state index contributed by atoms with van der Waals surface area (Å²) in [6.45, 7) is 2.56. The number of carbonyl (C=O) groups is 1. The van der Waals surface area contributed by atoms with Crippen LogP contribution in [0.25, 0.3) is 0 Å². The van der Waals surface area contributed by atoms with Crippen LogP contribution < -0.4 is 10.2 Å². The van der Waals surface area contributed by atoms with Crippen molar-refractivity contribution >= 4 is 17.4 Å². The zero-order valence-corrected chi connectivity index (χ0v) is 8.74. The molecule has 0 saturated carbocycles. The number of nitrogens with one attached hydrogen (secondary N) is 1. The minimum Gasteiger partial charge on any atom is -0.335 e. The number of aryl methyl sites for hydroxylation is 2. The highest BCUT2D eigenvalue weighted by atomic mass is 16.2. The van der Waals surface area contributed by atoms with Gasteiger partial charge in [-0.15, -0.1) is 6.42 Å². The fourth-order valence-corrected chi connectivity index (χ4v) is 1.82. The van der Waals surface area contributed by atoms with Crippen molar-refractivity contribution in [2.75, 3.05) is 23.3 Å². The molecule has 1 aliphatic rings. The molecule has 1 aromatic heterocycles. The van der Waals surface area contributed by atoms with Crippen LogP contribution in [0.5, 0.6) is 0 Å². The fourth-order valence-electron chi connectivity index (χ4n) is 1.82. The first kappa shape index (κ1) is 9.59. The van der Waals surface area contributed by atoms with Crippen molar-refractivity contribution in [2.45, 2.75) is 6.92 Å². The van der Waals surface area contributed by atoms with Gasteiger partial charge in [-0.2, -0.15) is 5.10 Å². The topological polar surface area (TPSA) is 50.2 Å². The molecule has 15 heavy (non-hydrogen) atoms.